The second kappa shape index (κ2) is 8.64. The van der Waals surface area contributed by atoms with Crippen LogP contribution >= 0.6 is 0 Å². The third-order valence-corrected chi connectivity index (χ3v) is 7.69. The van der Waals surface area contributed by atoms with E-state index in [2.05, 4.69) is 4.57 Å². The number of aryl methyl sites for hydroxylation is 1. The van der Waals surface area contributed by atoms with Crippen molar-refractivity contribution in [3.8, 4) is 5.75 Å². The average molecular weight is 464 g/mol. The third-order valence-electron chi connectivity index (χ3n) is 5.79. The molecule has 0 amide bonds. The van der Waals surface area contributed by atoms with E-state index in [0.29, 0.717) is 11.6 Å². The van der Waals surface area contributed by atoms with Crippen LogP contribution in [-0.4, -0.2) is 60.9 Å². The van der Waals surface area contributed by atoms with E-state index < -0.39 is 20.6 Å². The Kier molecular flexibility index (Phi) is 6.06. The molecule has 4 rings (SSSR count). The van der Waals surface area contributed by atoms with E-state index in [9.17, 15) is 23.3 Å². The van der Waals surface area contributed by atoms with Crippen molar-refractivity contribution in [1.82, 2.24) is 8.87 Å². The van der Waals surface area contributed by atoms with Crippen LogP contribution in [0, 0.1) is 24.0 Å². The number of aromatic nitrogens is 1. The highest BCUT2D eigenvalue weighted by Gasteiger charge is 2.30. The van der Waals surface area contributed by atoms with Gasteiger partial charge in [0.1, 0.15) is 0 Å². The Morgan fingerprint density at radius 1 is 1.22 bits per heavy atom. The molecule has 0 bridgehead atoms. The van der Waals surface area contributed by atoms with Crippen molar-refractivity contribution >= 4 is 21.5 Å². The largest absolute Gasteiger partial charge is 0.478 e. The molecule has 0 atom stereocenters. The smallest absolute Gasteiger partial charge is 0.312 e. The van der Waals surface area contributed by atoms with E-state index in [1.54, 1.807) is 0 Å². The summed E-state index contributed by atoms with van der Waals surface area (Å²) in [5.41, 5.74) is 1.89. The quantitative estimate of drug-likeness (QED) is 0.335. The molecule has 0 spiro atoms. The highest BCUT2D eigenvalue weighted by atomic mass is 32.2. The van der Waals surface area contributed by atoms with Crippen LogP contribution in [0.15, 0.2) is 29.2 Å². The van der Waals surface area contributed by atoms with Gasteiger partial charge in [0.25, 0.3) is 0 Å². The summed E-state index contributed by atoms with van der Waals surface area (Å²) < 4.78 is 39.6. The molecule has 1 aliphatic heterocycles. The molecule has 0 N–H and O–H groups in total. The minimum atomic E-state index is -3.90. The maximum atomic E-state index is 12.8. The number of Topliss-reactive ketones (excluding diaryl/α,β-unsaturated/α-hetero) is 1. The lowest BCUT2D eigenvalue weighted by molar-refractivity contribution is -0.386. The molecule has 1 aliphatic carbocycles. The van der Waals surface area contributed by atoms with E-state index in [-0.39, 0.29) is 49.3 Å². The van der Waals surface area contributed by atoms with Crippen molar-refractivity contribution in [2.24, 2.45) is 0 Å². The Morgan fingerprint density at radius 3 is 2.53 bits per heavy atom. The second-order valence-corrected chi connectivity index (χ2v) is 9.94. The minimum absolute atomic E-state index is 0.153. The molecule has 2 fully saturated rings. The number of morpholine rings is 1. The predicted molar refractivity (Wildman–Crippen MR) is 115 cm³/mol. The first-order valence-electron chi connectivity index (χ1n) is 10.4. The number of ketones is 1. The Labute approximate surface area is 185 Å². The van der Waals surface area contributed by atoms with Crippen LogP contribution in [0.2, 0.25) is 0 Å². The van der Waals surface area contributed by atoms with Gasteiger partial charge in [-0.3, -0.25) is 14.9 Å². The molecule has 10 nitrogen and oxygen atoms in total. The molecule has 1 saturated carbocycles. The molecule has 1 aromatic heterocycles. The SMILES string of the molecule is Cc1cc(C(=O)COc2ccc(S(=O)(=O)N3CCOCC3)cc2[N+](=O)[O-])c(C)n1C1CC1. The zero-order valence-electron chi connectivity index (χ0n) is 17.9. The van der Waals surface area contributed by atoms with Gasteiger partial charge in [-0.15, -0.1) is 0 Å². The molecular weight excluding hydrogens is 438 g/mol. The van der Waals surface area contributed by atoms with Crippen molar-refractivity contribution in [3.63, 3.8) is 0 Å². The van der Waals surface area contributed by atoms with Gasteiger partial charge >= 0.3 is 5.69 Å². The van der Waals surface area contributed by atoms with Crippen LogP contribution in [0.5, 0.6) is 5.75 Å². The van der Waals surface area contributed by atoms with E-state index in [1.165, 1.54) is 16.4 Å². The van der Waals surface area contributed by atoms with Crippen LogP contribution in [0.1, 0.15) is 40.6 Å². The lowest BCUT2D eigenvalue weighted by Gasteiger charge is -2.26. The number of ether oxygens (including phenoxy) is 2. The maximum absolute atomic E-state index is 12.8. The van der Waals surface area contributed by atoms with Gasteiger partial charge in [-0.05, 0) is 44.9 Å². The topological polar surface area (TPSA) is 121 Å². The fourth-order valence-electron chi connectivity index (χ4n) is 4.03. The Bertz CT molecular complexity index is 1160. The van der Waals surface area contributed by atoms with Gasteiger partial charge in [0.15, 0.2) is 12.4 Å². The van der Waals surface area contributed by atoms with E-state index in [0.717, 1.165) is 30.3 Å². The van der Waals surface area contributed by atoms with Gasteiger partial charge in [0.05, 0.1) is 23.0 Å². The van der Waals surface area contributed by atoms with Gasteiger partial charge in [-0.1, -0.05) is 0 Å². The lowest BCUT2D eigenvalue weighted by atomic mass is 10.1. The monoisotopic (exact) mass is 463 g/mol. The molecule has 32 heavy (non-hydrogen) atoms. The molecule has 2 heterocycles. The summed E-state index contributed by atoms with van der Waals surface area (Å²) in [5.74, 6) is -0.440. The summed E-state index contributed by atoms with van der Waals surface area (Å²) in [6.45, 7) is 4.35. The van der Waals surface area contributed by atoms with Gasteiger partial charge in [0.2, 0.25) is 15.8 Å². The van der Waals surface area contributed by atoms with E-state index >= 15 is 0 Å². The van der Waals surface area contributed by atoms with Crippen LogP contribution in [0.3, 0.4) is 0 Å². The van der Waals surface area contributed by atoms with Crippen LogP contribution in [0.4, 0.5) is 5.69 Å². The standard InChI is InChI=1S/C21H25N3O7S/c1-14-11-18(15(2)23(14)16-3-4-16)20(25)13-31-21-6-5-17(12-19(21)24(26)27)32(28,29)22-7-9-30-10-8-22/h5-6,11-12,16H,3-4,7-10,13H2,1-2H3. The number of nitro benzene ring substituents is 1. The maximum Gasteiger partial charge on any atom is 0.312 e. The normalized spacial score (nSPS) is 17.3. The zero-order chi connectivity index (χ0) is 23.0. The van der Waals surface area contributed by atoms with Gasteiger partial charge in [-0.25, -0.2) is 8.42 Å². The number of sulfonamides is 1. The summed E-state index contributed by atoms with van der Waals surface area (Å²) in [4.78, 5) is 23.4. The highest BCUT2D eigenvalue weighted by Crippen LogP contribution is 2.38. The fraction of sp³-hybridized carbons (Fsp3) is 0.476. The van der Waals surface area contributed by atoms with Crippen molar-refractivity contribution in [2.45, 2.75) is 37.6 Å². The Morgan fingerprint density at radius 2 is 1.91 bits per heavy atom. The molecule has 2 aromatic rings. The van der Waals surface area contributed by atoms with Crippen molar-refractivity contribution in [1.29, 1.82) is 0 Å². The second-order valence-electron chi connectivity index (χ2n) is 8.00. The Balaban J connectivity index is 1.53. The minimum Gasteiger partial charge on any atom is -0.478 e. The number of hydrogen-bond donors (Lipinski definition) is 0. The summed E-state index contributed by atoms with van der Waals surface area (Å²) in [5, 5.41) is 11.6. The summed E-state index contributed by atoms with van der Waals surface area (Å²) in [6, 6.07) is 5.71. The number of carbonyl (C=O) groups is 1. The molecule has 1 saturated heterocycles. The van der Waals surface area contributed by atoms with Crippen molar-refractivity contribution in [2.75, 3.05) is 32.9 Å². The third kappa shape index (κ3) is 4.27. The summed E-state index contributed by atoms with van der Waals surface area (Å²) in [6.07, 6.45) is 2.18. The molecule has 0 unspecified atom stereocenters. The zero-order valence-corrected chi connectivity index (χ0v) is 18.8. The van der Waals surface area contributed by atoms with Gasteiger partial charge < -0.3 is 14.0 Å². The number of hydrogen-bond acceptors (Lipinski definition) is 7. The molecule has 172 valence electrons. The molecule has 11 heteroatoms. The molecule has 2 aliphatic rings. The lowest BCUT2D eigenvalue weighted by Crippen LogP contribution is -2.40. The molecule has 0 radical (unpaired) electrons. The summed E-state index contributed by atoms with van der Waals surface area (Å²) >= 11 is 0. The number of carbonyl (C=O) groups excluding carboxylic acids is 1. The van der Waals surface area contributed by atoms with Gasteiger partial charge in [-0.2, -0.15) is 4.31 Å². The Hall–Kier alpha value is -2.76. The fourth-order valence-corrected chi connectivity index (χ4v) is 5.46. The van der Waals surface area contributed by atoms with Crippen molar-refractivity contribution < 1.29 is 27.6 Å². The number of nitrogens with zero attached hydrogens (tertiary/aromatic N) is 3. The molecular formula is C21H25N3O7S. The first-order chi connectivity index (χ1) is 15.2. The van der Waals surface area contributed by atoms with Crippen molar-refractivity contribution in [3.05, 3.63) is 51.3 Å². The van der Waals surface area contributed by atoms with Crippen LogP contribution < -0.4 is 4.74 Å². The molecule has 1 aromatic carbocycles. The predicted octanol–water partition coefficient (Wildman–Crippen LogP) is 2.63. The number of nitro groups is 1. The number of benzene rings is 1. The van der Waals surface area contributed by atoms with Crippen LogP contribution in [-0.2, 0) is 14.8 Å². The average Bonchev–Trinajstić information content (AvgIpc) is 3.56. The number of rotatable bonds is 8. The first-order valence-corrected chi connectivity index (χ1v) is 11.8. The first kappa shape index (κ1) is 22.4. The highest BCUT2D eigenvalue weighted by molar-refractivity contribution is 7.89. The van der Waals surface area contributed by atoms with E-state index in [1.807, 2.05) is 19.9 Å². The summed E-state index contributed by atoms with van der Waals surface area (Å²) in [7, 11) is -3.90. The van der Waals surface area contributed by atoms with Gasteiger partial charge in [0, 0.05) is 42.1 Å². The van der Waals surface area contributed by atoms with Crippen LogP contribution in [0.25, 0.3) is 0 Å². The van der Waals surface area contributed by atoms with E-state index in [4.69, 9.17) is 9.47 Å².